The summed E-state index contributed by atoms with van der Waals surface area (Å²) in [6.07, 6.45) is 0. The van der Waals surface area contributed by atoms with E-state index < -0.39 is 0 Å². The fourth-order valence-corrected chi connectivity index (χ4v) is 6.98. The first-order chi connectivity index (χ1) is 24.5. The lowest BCUT2D eigenvalue weighted by atomic mass is 9.98. The molecular weight excluding hydrogens is 619 g/mol. The first-order valence-electron chi connectivity index (χ1n) is 17.9. The fraction of sp³-hybridized carbons (Fsp3) is 0.295. The summed E-state index contributed by atoms with van der Waals surface area (Å²) in [7, 11) is 0. The number of rotatable bonds is 12. The maximum Gasteiger partial charge on any atom is 0.258 e. The molecule has 0 bridgehead atoms. The quantitative estimate of drug-likeness (QED) is 0.134. The molecule has 2 aliphatic rings. The van der Waals surface area contributed by atoms with Gasteiger partial charge in [0.2, 0.25) is 0 Å². The summed E-state index contributed by atoms with van der Waals surface area (Å²) in [5, 5.41) is 0. The van der Waals surface area contributed by atoms with Gasteiger partial charge in [-0.2, -0.15) is 0 Å². The maximum absolute atomic E-state index is 14.4. The Balaban J connectivity index is 1.05. The molecular formula is C44H47N3O3. The lowest BCUT2D eigenvalue weighted by Gasteiger charge is -2.34. The second-order valence-electron chi connectivity index (χ2n) is 13.9. The number of hydrogen-bond acceptors (Lipinski definition) is 5. The topological polar surface area (TPSA) is 45.3 Å². The van der Waals surface area contributed by atoms with Crippen LogP contribution in [0.2, 0.25) is 0 Å². The molecule has 2 aliphatic heterocycles. The van der Waals surface area contributed by atoms with Crippen molar-refractivity contribution in [3.8, 4) is 11.5 Å². The monoisotopic (exact) mass is 665 g/mol. The predicted octanol–water partition coefficient (Wildman–Crippen LogP) is 8.44. The van der Waals surface area contributed by atoms with Gasteiger partial charge in [-0.3, -0.25) is 14.6 Å². The maximum atomic E-state index is 14.4. The Bertz CT molecular complexity index is 1870. The molecule has 0 saturated carbocycles. The average Bonchev–Trinajstić information content (AvgIpc) is 3.58. The van der Waals surface area contributed by atoms with E-state index in [1.165, 1.54) is 22.3 Å². The van der Waals surface area contributed by atoms with Crippen molar-refractivity contribution in [2.45, 2.75) is 59.2 Å². The highest BCUT2D eigenvalue weighted by molar-refractivity contribution is 5.98. The Hall–Kier alpha value is -4.91. The van der Waals surface area contributed by atoms with Gasteiger partial charge in [-0.05, 0) is 50.9 Å². The molecule has 0 radical (unpaired) electrons. The summed E-state index contributed by atoms with van der Waals surface area (Å²) >= 11 is 0. The van der Waals surface area contributed by atoms with Gasteiger partial charge in [-0.25, -0.2) is 0 Å². The molecule has 0 spiro atoms. The number of benzene rings is 5. The highest BCUT2D eigenvalue weighted by Crippen LogP contribution is 2.37. The molecule has 0 N–H and O–H groups in total. The van der Waals surface area contributed by atoms with Crippen LogP contribution in [0, 0.1) is 0 Å². The van der Waals surface area contributed by atoms with Crippen molar-refractivity contribution < 1.29 is 14.3 Å². The van der Waals surface area contributed by atoms with Gasteiger partial charge in [0.05, 0.1) is 5.56 Å². The van der Waals surface area contributed by atoms with Crippen LogP contribution in [0.25, 0.3) is 0 Å². The second kappa shape index (κ2) is 15.8. The van der Waals surface area contributed by atoms with Gasteiger partial charge in [0.1, 0.15) is 24.7 Å². The fourth-order valence-electron chi connectivity index (χ4n) is 6.98. The van der Waals surface area contributed by atoms with Crippen LogP contribution in [0.3, 0.4) is 0 Å². The summed E-state index contributed by atoms with van der Waals surface area (Å²) in [6.45, 7) is 12.5. The van der Waals surface area contributed by atoms with Gasteiger partial charge in [0.15, 0.2) is 0 Å². The summed E-state index contributed by atoms with van der Waals surface area (Å²) < 4.78 is 12.8. The van der Waals surface area contributed by atoms with Crippen molar-refractivity contribution in [1.82, 2.24) is 14.7 Å². The van der Waals surface area contributed by atoms with E-state index in [4.69, 9.17) is 9.47 Å². The van der Waals surface area contributed by atoms with Crippen LogP contribution in [0.15, 0.2) is 121 Å². The minimum atomic E-state index is -0.0168. The van der Waals surface area contributed by atoms with Gasteiger partial charge < -0.3 is 14.4 Å². The highest BCUT2D eigenvalue weighted by atomic mass is 16.5. The number of nitrogens with zero attached hydrogens (tertiary/aromatic N) is 3. The van der Waals surface area contributed by atoms with E-state index in [9.17, 15) is 4.79 Å². The largest absolute Gasteiger partial charge is 0.488 e. The molecule has 50 heavy (non-hydrogen) atoms. The molecule has 256 valence electrons. The molecule has 1 fully saturated rings. The summed E-state index contributed by atoms with van der Waals surface area (Å²) in [5.74, 6) is 1.44. The van der Waals surface area contributed by atoms with E-state index in [0.717, 1.165) is 61.7 Å². The third-order valence-electron chi connectivity index (χ3n) is 9.84. The number of fused-ring (bicyclic) bond motifs is 1. The van der Waals surface area contributed by atoms with E-state index in [1.54, 1.807) is 0 Å². The Kier molecular flexibility index (Phi) is 10.6. The summed E-state index contributed by atoms with van der Waals surface area (Å²) in [6, 6.07) is 41.7. The standard InChI is InChI=1S/C44H47N3O3/c1-33(2)40-25-41(43(50-32-36-16-10-5-11-17-36)26-42(40)49-31-35-14-8-4-9-15-35)44(48)47-29-38-19-18-37(24-39(38)30-47)28-46-22-20-45(21-23-46)27-34-12-6-3-7-13-34/h3-19,24-26,33H,20-23,27-32H2,1-2H3. The van der Waals surface area contributed by atoms with Crippen molar-refractivity contribution in [3.05, 3.63) is 166 Å². The molecule has 7 rings (SSSR count). The molecule has 2 heterocycles. The Labute approximate surface area is 296 Å². The van der Waals surface area contributed by atoms with Crippen molar-refractivity contribution >= 4 is 5.91 Å². The number of hydrogen-bond donors (Lipinski definition) is 0. The van der Waals surface area contributed by atoms with Crippen molar-refractivity contribution in [1.29, 1.82) is 0 Å². The number of carbonyl (C=O) groups is 1. The van der Waals surface area contributed by atoms with Gasteiger partial charge in [0, 0.05) is 58.4 Å². The molecule has 6 nitrogen and oxygen atoms in total. The SMILES string of the molecule is CC(C)c1cc(C(=O)N2Cc3ccc(CN4CCN(Cc5ccccc5)CC4)cc3C2)c(OCc2ccccc2)cc1OCc1ccccc1. The number of amides is 1. The van der Waals surface area contributed by atoms with Crippen molar-refractivity contribution in [2.75, 3.05) is 26.2 Å². The van der Waals surface area contributed by atoms with Crippen molar-refractivity contribution in [3.63, 3.8) is 0 Å². The van der Waals surface area contributed by atoms with Gasteiger partial charge in [-0.15, -0.1) is 0 Å². The van der Waals surface area contributed by atoms with E-state index in [-0.39, 0.29) is 11.8 Å². The van der Waals surface area contributed by atoms with Gasteiger partial charge in [-0.1, -0.05) is 123 Å². The highest BCUT2D eigenvalue weighted by Gasteiger charge is 2.29. The average molecular weight is 666 g/mol. The number of piperazine rings is 1. The molecule has 1 amide bonds. The minimum absolute atomic E-state index is 0.0168. The zero-order chi connectivity index (χ0) is 34.3. The number of carbonyl (C=O) groups excluding carboxylic acids is 1. The van der Waals surface area contributed by atoms with Crippen LogP contribution in [0.1, 0.15) is 69.1 Å². The second-order valence-corrected chi connectivity index (χ2v) is 13.9. The molecule has 5 aromatic rings. The first kappa shape index (κ1) is 33.6. The normalized spacial score (nSPS) is 14.9. The Morgan fingerprint density at radius 1 is 0.580 bits per heavy atom. The summed E-state index contributed by atoms with van der Waals surface area (Å²) in [4.78, 5) is 21.4. The third-order valence-corrected chi connectivity index (χ3v) is 9.84. The van der Waals surface area contributed by atoms with Crippen LogP contribution < -0.4 is 9.47 Å². The van der Waals surface area contributed by atoms with Crippen LogP contribution in [-0.4, -0.2) is 46.8 Å². The van der Waals surface area contributed by atoms with Gasteiger partial charge in [0.25, 0.3) is 5.91 Å². The van der Waals surface area contributed by atoms with Gasteiger partial charge >= 0.3 is 0 Å². The molecule has 5 aromatic carbocycles. The smallest absolute Gasteiger partial charge is 0.258 e. The van der Waals surface area contributed by atoms with Crippen LogP contribution in [0.4, 0.5) is 0 Å². The molecule has 1 saturated heterocycles. The van der Waals surface area contributed by atoms with E-state index in [0.29, 0.717) is 37.6 Å². The molecule has 0 aromatic heterocycles. The minimum Gasteiger partial charge on any atom is -0.488 e. The third kappa shape index (κ3) is 8.27. The first-order valence-corrected chi connectivity index (χ1v) is 17.9. The number of ether oxygens (including phenoxy) is 2. The zero-order valence-electron chi connectivity index (χ0n) is 29.3. The Morgan fingerprint density at radius 2 is 1.10 bits per heavy atom. The zero-order valence-corrected chi connectivity index (χ0v) is 29.3. The van der Waals surface area contributed by atoms with E-state index in [2.05, 4.69) is 84.3 Å². The molecule has 0 unspecified atom stereocenters. The molecule has 6 heteroatoms. The van der Waals surface area contributed by atoms with Crippen LogP contribution >= 0.6 is 0 Å². The lowest BCUT2D eigenvalue weighted by molar-refractivity contribution is 0.0746. The molecule has 0 aliphatic carbocycles. The van der Waals surface area contributed by atoms with E-state index >= 15 is 0 Å². The predicted molar refractivity (Wildman–Crippen MR) is 199 cm³/mol. The van der Waals surface area contributed by atoms with Crippen molar-refractivity contribution in [2.24, 2.45) is 0 Å². The molecule has 0 atom stereocenters. The van der Waals surface area contributed by atoms with E-state index in [1.807, 2.05) is 65.6 Å². The van der Waals surface area contributed by atoms with Crippen LogP contribution in [-0.2, 0) is 39.4 Å². The Morgan fingerprint density at radius 3 is 1.68 bits per heavy atom. The lowest BCUT2D eigenvalue weighted by Crippen LogP contribution is -2.45. The summed E-state index contributed by atoms with van der Waals surface area (Å²) in [5.41, 5.74) is 8.85. The van der Waals surface area contributed by atoms with Crippen LogP contribution in [0.5, 0.6) is 11.5 Å².